The molecule has 0 bridgehead atoms. The van der Waals surface area contributed by atoms with Crippen LogP contribution in [-0.4, -0.2) is 36.4 Å². The Balaban J connectivity index is 2.24. The number of alkyl halides is 3. The summed E-state index contributed by atoms with van der Waals surface area (Å²) in [5, 5.41) is 0. The molecule has 1 fully saturated rings. The number of benzene rings is 1. The second kappa shape index (κ2) is 5.83. The molecule has 0 unspecified atom stereocenters. The molecule has 1 heterocycles. The maximum Gasteiger partial charge on any atom is 0.471 e. The van der Waals surface area contributed by atoms with E-state index in [1.54, 1.807) is 6.07 Å². The lowest BCUT2D eigenvalue weighted by Crippen LogP contribution is -2.48. The van der Waals surface area contributed by atoms with Crippen LogP contribution in [-0.2, 0) is 9.59 Å². The van der Waals surface area contributed by atoms with Gasteiger partial charge in [-0.05, 0) is 24.1 Å². The quantitative estimate of drug-likeness (QED) is 0.622. The summed E-state index contributed by atoms with van der Waals surface area (Å²) >= 11 is 0. The molecule has 0 saturated carbocycles. The largest absolute Gasteiger partial charge is 0.471 e. The zero-order valence-electron chi connectivity index (χ0n) is 10.9. The number of hydrogen-bond acceptors (Lipinski definition) is 2. The molecule has 0 aromatic heterocycles. The molecule has 1 aliphatic rings. The van der Waals surface area contributed by atoms with Crippen LogP contribution in [0.3, 0.4) is 0 Å². The third kappa shape index (κ3) is 3.40. The number of halogens is 4. The zero-order valence-corrected chi connectivity index (χ0v) is 10.9. The fraction of sp³-hybridized carbons (Fsp3) is 0.429. The van der Waals surface area contributed by atoms with Gasteiger partial charge in [0.1, 0.15) is 12.1 Å². The predicted molar refractivity (Wildman–Crippen MR) is 65.9 cm³/mol. The van der Waals surface area contributed by atoms with Gasteiger partial charge in [-0.25, -0.2) is 4.39 Å². The van der Waals surface area contributed by atoms with Crippen LogP contribution in [0.1, 0.15) is 17.9 Å². The van der Waals surface area contributed by atoms with Crippen LogP contribution in [0.15, 0.2) is 24.3 Å². The van der Waals surface area contributed by atoms with E-state index in [1.165, 1.54) is 18.2 Å². The standard InChI is InChI=1S/C14H13F4NO2/c15-11-3-1-2-9(6-11)12-7-19(5-4-10(12)8-20)13(21)14(16,17)18/h1-3,6,8,10,12H,4-5,7H2/t10-,12-/m0/s1. The van der Waals surface area contributed by atoms with Crippen molar-refractivity contribution in [3.63, 3.8) is 0 Å². The molecule has 1 amide bonds. The molecule has 1 aliphatic heterocycles. The van der Waals surface area contributed by atoms with Crippen molar-refractivity contribution in [1.82, 2.24) is 4.90 Å². The highest BCUT2D eigenvalue weighted by Crippen LogP contribution is 2.33. The first-order chi connectivity index (χ1) is 9.82. The van der Waals surface area contributed by atoms with E-state index in [-0.39, 0.29) is 19.5 Å². The van der Waals surface area contributed by atoms with Gasteiger partial charge in [-0.1, -0.05) is 12.1 Å². The maximum atomic E-state index is 13.2. The lowest BCUT2D eigenvalue weighted by atomic mass is 9.81. The van der Waals surface area contributed by atoms with Crippen molar-refractivity contribution in [3.8, 4) is 0 Å². The van der Waals surface area contributed by atoms with Crippen LogP contribution >= 0.6 is 0 Å². The number of carbonyl (C=O) groups excluding carboxylic acids is 2. The average Bonchev–Trinajstić information content (AvgIpc) is 2.45. The Bertz CT molecular complexity index is 544. The highest BCUT2D eigenvalue weighted by Gasteiger charge is 2.45. The number of rotatable bonds is 2. The van der Waals surface area contributed by atoms with Gasteiger partial charge in [0.15, 0.2) is 0 Å². The zero-order chi connectivity index (χ0) is 15.6. The van der Waals surface area contributed by atoms with Gasteiger partial charge in [0.25, 0.3) is 0 Å². The summed E-state index contributed by atoms with van der Waals surface area (Å²) in [4.78, 5) is 23.1. The number of piperidine rings is 1. The molecular formula is C14H13F4NO2. The number of aldehydes is 1. The van der Waals surface area contributed by atoms with E-state index in [4.69, 9.17) is 0 Å². The molecule has 3 nitrogen and oxygen atoms in total. The van der Waals surface area contributed by atoms with E-state index < -0.39 is 29.7 Å². The van der Waals surface area contributed by atoms with Gasteiger partial charge in [-0.3, -0.25) is 4.79 Å². The summed E-state index contributed by atoms with van der Waals surface area (Å²) in [7, 11) is 0. The fourth-order valence-electron chi connectivity index (χ4n) is 2.59. The fourth-order valence-corrected chi connectivity index (χ4v) is 2.59. The van der Waals surface area contributed by atoms with Crippen molar-refractivity contribution in [2.75, 3.05) is 13.1 Å². The molecule has 1 saturated heterocycles. The summed E-state index contributed by atoms with van der Waals surface area (Å²) in [6.07, 6.45) is -4.15. The highest BCUT2D eigenvalue weighted by molar-refractivity contribution is 5.82. The van der Waals surface area contributed by atoms with Crippen LogP contribution in [0.5, 0.6) is 0 Å². The maximum absolute atomic E-state index is 13.2. The Morgan fingerprint density at radius 1 is 1.33 bits per heavy atom. The smallest absolute Gasteiger partial charge is 0.334 e. The van der Waals surface area contributed by atoms with Crippen molar-refractivity contribution in [2.24, 2.45) is 5.92 Å². The van der Waals surface area contributed by atoms with Crippen molar-refractivity contribution in [2.45, 2.75) is 18.5 Å². The monoisotopic (exact) mass is 303 g/mol. The first-order valence-electron chi connectivity index (χ1n) is 6.40. The van der Waals surface area contributed by atoms with E-state index in [1.807, 2.05) is 0 Å². The molecule has 2 rings (SSSR count). The second-order valence-corrected chi connectivity index (χ2v) is 5.00. The van der Waals surface area contributed by atoms with Crippen LogP contribution in [0, 0.1) is 11.7 Å². The number of carbonyl (C=O) groups is 2. The highest BCUT2D eigenvalue weighted by atomic mass is 19.4. The topological polar surface area (TPSA) is 37.4 Å². The minimum Gasteiger partial charge on any atom is -0.334 e. The summed E-state index contributed by atoms with van der Waals surface area (Å²) in [5.74, 6) is -3.60. The third-order valence-electron chi connectivity index (χ3n) is 3.65. The molecule has 0 radical (unpaired) electrons. The van der Waals surface area contributed by atoms with Gasteiger partial charge in [0.2, 0.25) is 0 Å². The van der Waals surface area contributed by atoms with E-state index in [0.717, 1.165) is 0 Å². The second-order valence-electron chi connectivity index (χ2n) is 5.00. The minimum absolute atomic E-state index is 0.131. The Morgan fingerprint density at radius 3 is 2.62 bits per heavy atom. The SMILES string of the molecule is O=C[C@@H]1CCN(C(=O)C(F)(F)F)C[C@H]1c1cccc(F)c1. The normalized spacial score (nSPS) is 23.0. The van der Waals surface area contributed by atoms with Gasteiger partial charge >= 0.3 is 12.1 Å². The third-order valence-corrected chi connectivity index (χ3v) is 3.65. The van der Waals surface area contributed by atoms with Crippen molar-refractivity contribution in [3.05, 3.63) is 35.6 Å². The molecule has 2 atom stereocenters. The molecular weight excluding hydrogens is 290 g/mol. The molecule has 1 aromatic carbocycles. The van der Waals surface area contributed by atoms with E-state index in [0.29, 0.717) is 16.7 Å². The summed E-state index contributed by atoms with van der Waals surface area (Å²) in [6.45, 7) is -0.376. The molecule has 1 aromatic rings. The Hall–Kier alpha value is -1.92. The van der Waals surface area contributed by atoms with Crippen molar-refractivity contribution >= 4 is 12.2 Å². The Morgan fingerprint density at radius 2 is 2.05 bits per heavy atom. The van der Waals surface area contributed by atoms with Crippen LogP contribution in [0.4, 0.5) is 17.6 Å². The first kappa shape index (κ1) is 15.5. The predicted octanol–water partition coefficient (Wildman–Crippen LogP) is 2.52. The molecule has 7 heteroatoms. The van der Waals surface area contributed by atoms with Gasteiger partial charge in [0.05, 0.1) is 0 Å². The van der Waals surface area contributed by atoms with E-state index in [2.05, 4.69) is 0 Å². The van der Waals surface area contributed by atoms with Crippen molar-refractivity contribution in [1.29, 1.82) is 0 Å². The minimum atomic E-state index is -4.94. The van der Waals surface area contributed by atoms with Gasteiger partial charge in [-0.15, -0.1) is 0 Å². The van der Waals surface area contributed by atoms with E-state index >= 15 is 0 Å². The number of amides is 1. The van der Waals surface area contributed by atoms with Crippen LogP contribution < -0.4 is 0 Å². The van der Waals surface area contributed by atoms with Gasteiger partial charge < -0.3 is 9.69 Å². The van der Waals surface area contributed by atoms with Gasteiger partial charge in [0, 0.05) is 24.9 Å². The van der Waals surface area contributed by atoms with Gasteiger partial charge in [-0.2, -0.15) is 13.2 Å². The average molecular weight is 303 g/mol. The number of nitrogens with zero attached hydrogens (tertiary/aromatic N) is 1. The lowest BCUT2D eigenvalue weighted by Gasteiger charge is -2.36. The summed E-state index contributed by atoms with van der Waals surface area (Å²) < 4.78 is 50.7. The molecule has 0 spiro atoms. The first-order valence-corrected chi connectivity index (χ1v) is 6.40. The van der Waals surface area contributed by atoms with Crippen molar-refractivity contribution < 1.29 is 27.2 Å². The Labute approximate surface area is 118 Å². The summed E-state index contributed by atoms with van der Waals surface area (Å²) in [5.41, 5.74) is 0.423. The Kier molecular flexibility index (Phi) is 4.29. The molecule has 0 aliphatic carbocycles. The summed E-state index contributed by atoms with van der Waals surface area (Å²) in [6, 6.07) is 5.37. The molecule has 114 valence electrons. The van der Waals surface area contributed by atoms with Crippen LogP contribution in [0.2, 0.25) is 0 Å². The van der Waals surface area contributed by atoms with E-state index in [9.17, 15) is 27.2 Å². The molecule has 21 heavy (non-hydrogen) atoms. The lowest BCUT2D eigenvalue weighted by molar-refractivity contribution is -0.187. The molecule has 0 N–H and O–H groups in total. The number of likely N-dealkylation sites (tertiary alicyclic amines) is 1. The van der Waals surface area contributed by atoms with Crippen LogP contribution in [0.25, 0.3) is 0 Å². The number of hydrogen-bond donors (Lipinski definition) is 0.